The van der Waals surface area contributed by atoms with Crippen LogP contribution in [0.15, 0.2) is 18.3 Å². The zero-order valence-electron chi connectivity index (χ0n) is 9.76. The highest BCUT2D eigenvalue weighted by atomic mass is 16.3. The quantitative estimate of drug-likeness (QED) is 0.626. The fourth-order valence-electron chi connectivity index (χ4n) is 1.42. The van der Waals surface area contributed by atoms with E-state index in [1.165, 1.54) is 11.1 Å². The van der Waals surface area contributed by atoms with E-state index in [2.05, 4.69) is 10.3 Å². The van der Waals surface area contributed by atoms with Gasteiger partial charge in [-0.2, -0.15) is 0 Å². The van der Waals surface area contributed by atoms with Crippen molar-refractivity contribution in [3.8, 4) is 0 Å². The van der Waals surface area contributed by atoms with E-state index in [0.717, 1.165) is 5.69 Å². The first kappa shape index (κ1) is 13.4. The maximum Gasteiger partial charge on any atom is 0.272 e. The van der Waals surface area contributed by atoms with Crippen LogP contribution >= 0.6 is 0 Å². The molecule has 1 aromatic rings. The molecule has 3 N–H and O–H groups in total. The lowest BCUT2D eigenvalue weighted by Gasteiger charge is -2.20. The molecule has 0 aliphatic carbocycles. The van der Waals surface area contributed by atoms with Crippen LogP contribution in [0.5, 0.6) is 0 Å². The molecule has 0 saturated heterocycles. The number of hydrogen-bond donors (Lipinski definition) is 3. The van der Waals surface area contributed by atoms with Gasteiger partial charge in [-0.1, -0.05) is 0 Å². The van der Waals surface area contributed by atoms with Crippen molar-refractivity contribution in [3.63, 3.8) is 0 Å². The van der Waals surface area contributed by atoms with Crippen LogP contribution in [0.3, 0.4) is 0 Å². The molecule has 1 rings (SSSR count). The minimum Gasteiger partial charge on any atom is -0.395 e. The summed E-state index contributed by atoms with van der Waals surface area (Å²) in [4.78, 5) is 17.3. The highest BCUT2D eigenvalue weighted by molar-refractivity contribution is 5.93. The van der Waals surface area contributed by atoms with Crippen molar-refractivity contribution in [2.45, 2.75) is 0 Å². The Morgan fingerprint density at radius 3 is 2.59 bits per heavy atom. The van der Waals surface area contributed by atoms with E-state index in [1.807, 2.05) is 0 Å². The number of anilines is 1. The molecule has 0 aliphatic heterocycles. The standard InChI is InChI=1S/C11H17N3O3/c1-12-9-2-3-13-10(8-9)11(17)14(4-6-15)5-7-16/h2-3,8,15-16H,4-7H2,1H3,(H,12,13). The summed E-state index contributed by atoms with van der Waals surface area (Å²) in [6.45, 7) is 0.0879. The van der Waals surface area contributed by atoms with Gasteiger partial charge in [0.1, 0.15) is 5.69 Å². The molecule has 0 unspecified atom stereocenters. The number of nitrogens with zero attached hydrogens (tertiary/aromatic N) is 2. The highest BCUT2D eigenvalue weighted by Crippen LogP contribution is 2.09. The molecule has 0 fully saturated rings. The van der Waals surface area contributed by atoms with Gasteiger partial charge in [-0.05, 0) is 12.1 Å². The summed E-state index contributed by atoms with van der Waals surface area (Å²) in [6.07, 6.45) is 1.54. The molecule has 0 aromatic carbocycles. The van der Waals surface area contributed by atoms with Gasteiger partial charge in [-0.15, -0.1) is 0 Å². The van der Waals surface area contributed by atoms with E-state index in [0.29, 0.717) is 5.69 Å². The Bertz CT molecular complexity index is 365. The molecule has 1 amide bonds. The first-order valence-electron chi connectivity index (χ1n) is 5.37. The average molecular weight is 239 g/mol. The van der Waals surface area contributed by atoms with Gasteiger partial charge in [-0.25, -0.2) is 0 Å². The predicted octanol–water partition coefficient (Wildman–Crippen LogP) is -0.450. The summed E-state index contributed by atoms with van der Waals surface area (Å²) < 4.78 is 0. The molecule has 94 valence electrons. The number of nitrogens with one attached hydrogen (secondary N) is 1. The maximum absolute atomic E-state index is 12.0. The molecule has 6 nitrogen and oxygen atoms in total. The lowest BCUT2D eigenvalue weighted by Crippen LogP contribution is -2.36. The van der Waals surface area contributed by atoms with Crippen LogP contribution < -0.4 is 5.32 Å². The molecule has 0 bridgehead atoms. The van der Waals surface area contributed by atoms with Crippen LogP contribution in [0.4, 0.5) is 5.69 Å². The first-order valence-corrected chi connectivity index (χ1v) is 5.37. The summed E-state index contributed by atoms with van der Waals surface area (Å²) in [5.41, 5.74) is 1.08. The second kappa shape index (κ2) is 6.82. The molecule has 17 heavy (non-hydrogen) atoms. The van der Waals surface area contributed by atoms with Gasteiger partial charge in [-0.3, -0.25) is 9.78 Å². The van der Waals surface area contributed by atoms with Gasteiger partial charge >= 0.3 is 0 Å². The van der Waals surface area contributed by atoms with Gasteiger partial charge < -0.3 is 20.4 Å². The van der Waals surface area contributed by atoms with Crippen molar-refractivity contribution < 1.29 is 15.0 Å². The van der Waals surface area contributed by atoms with Crippen LogP contribution in [-0.2, 0) is 0 Å². The number of aromatic nitrogens is 1. The number of amides is 1. The molecular weight excluding hydrogens is 222 g/mol. The van der Waals surface area contributed by atoms with E-state index in [9.17, 15) is 4.79 Å². The zero-order chi connectivity index (χ0) is 12.7. The monoisotopic (exact) mass is 239 g/mol. The van der Waals surface area contributed by atoms with Crippen molar-refractivity contribution >= 4 is 11.6 Å². The molecular formula is C11H17N3O3. The van der Waals surface area contributed by atoms with Crippen molar-refractivity contribution in [2.24, 2.45) is 0 Å². The van der Waals surface area contributed by atoms with E-state index < -0.39 is 0 Å². The van der Waals surface area contributed by atoms with Crippen molar-refractivity contribution in [1.29, 1.82) is 0 Å². The number of aliphatic hydroxyl groups excluding tert-OH is 2. The summed E-state index contributed by atoms with van der Waals surface area (Å²) >= 11 is 0. The Morgan fingerprint density at radius 1 is 1.41 bits per heavy atom. The van der Waals surface area contributed by atoms with Crippen LogP contribution in [0, 0.1) is 0 Å². The number of carbonyl (C=O) groups excluding carboxylic acids is 1. The number of pyridine rings is 1. The Hall–Kier alpha value is -1.66. The van der Waals surface area contributed by atoms with Crippen LogP contribution in [0.1, 0.15) is 10.5 Å². The highest BCUT2D eigenvalue weighted by Gasteiger charge is 2.16. The number of rotatable bonds is 6. The average Bonchev–Trinajstić information content (AvgIpc) is 2.38. The largest absolute Gasteiger partial charge is 0.395 e. The topological polar surface area (TPSA) is 85.7 Å². The maximum atomic E-state index is 12.0. The second-order valence-corrected chi connectivity index (χ2v) is 3.42. The van der Waals surface area contributed by atoms with E-state index in [-0.39, 0.29) is 32.2 Å². The van der Waals surface area contributed by atoms with Gasteiger partial charge in [0, 0.05) is 32.0 Å². The molecule has 1 heterocycles. The lowest BCUT2D eigenvalue weighted by atomic mass is 10.2. The predicted molar refractivity (Wildman–Crippen MR) is 63.9 cm³/mol. The zero-order valence-corrected chi connectivity index (χ0v) is 9.76. The molecule has 0 saturated carbocycles. The van der Waals surface area contributed by atoms with Crippen molar-refractivity contribution in [3.05, 3.63) is 24.0 Å². The minimum absolute atomic E-state index is 0.141. The summed E-state index contributed by atoms with van der Waals surface area (Å²) in [7, 11) is 1.75. The SMILES string of the molecule is CNc1ccnc(C(=O)N(CCO)CCO)c1. The normalized spacial score (nSPS) is 10.1. The summed E-state index contributed by atoms with van der Waals surface area (Å²) in [5, 5.41) is 20.6. The van der Waals surface area contributed by atoms with E-state index in [4.69, 9.17) is 10.2 Å². The van der Waals surface area contributed by atoms with Crippen molar-refractivity contribution in [2.75, 3.05) is 38.7 Å². The van der Waals surface area contributed by atoms with Crippen molar-refractivity contribution in [1.82, 2.24) is 9.88 Å². The third kappa shape index (κ3) is 3.69. The van der Waals surface area contributed by atoms with E-state index in [1.54, 1.807) is 19.2 Å². The number of aliphatic hydroxyl groups is 2. The molecule has 0 spiro atoms. The molecule has 0 aliphatic rings. The molecule has 1 aromatic heterocycles. The Balaban J connectivity index is 2.84. The summed E-state index contributed by atoms with van der Waals surface area (Å²) in [5.74, 6) is -0.301. The minimum atomic E-state index is -0.301. The van der Waals surface area contributed by atoms with Crippen LogP contribution in [0.25, 0.3) is 0 Å². The summed E-state index contributed by atoms with van der Waals surface area (Å²) in [6, 6.07) is 3.38. The van der Waals surface area contributed by atoms with Crippen LogP contribution in [0.2, 0.25) is 0 Å². The molecule has 0 radical (unpaired) electrons. The van der Waals surface area contributed by atoms with Gasteiger partial charge in [0.05, 0.1) is 13.2 Å². The third-order valence-corrected chi connectivity index (χ3v) is 2.29. The fraction of sp³-hybridized carbons (Fsp3) is 0.455. The number of carbonyl (C=O) groups is 1. The third-order valence-electron chi connectivity index (χ3n) is 2.29. The van der Waals surface area contributed by atoms with Crippen LogP contribution in [-0.4, -0.2) is 59.4 Å². The van der Waals surface area contributed by atoms with Gasteiger partial charge in [0.2, 0.25) is 0 Å². The first-order chi connectivity index (χ1) is 8.22. The van der Waals surface area contributed by atoms with E-state index >= 15 is 0 Å². The smallest absolute Gasteiger partial charge is 0.272 e. The Kier molecular flexibility index (Phi) is 5.38. The second-order valence-electron chi connectivity index (χ2n) is 3.42. The molecule has 6 heteroatoms. The molecule has 0 atom stereocenters. The Labute approximate surface area is 99.9 Å². The Morgan fingerprint density at radius 2 is 2.06 bits per heavy atom. The number of hydrogen-bond acceptors (Lipinski definition) is 5. The fourth-order valence-corrected chi connectivity index (χ4v) is 1.42. The lowest BCUT2D eigenvalue weighted by molar-refractivity contribution is 0.0679. The van der Waals surface area contributed by atoms with Gasteiger partial charge in [0.15, 0.2) is 0 Å². The van der Waals surface area contributed by atoms with Gasteiger partial charge in [0.25, 0.3) is 5.91 Å².